The van der Waals surface area contributed by atoms with E-state index in [9.17, 15) is 4.79 Å². The molecule has 92 valence electrons. The monoisotopic (exact) mass is 226 g/mol. The van der Waals surface area contributed by atoms with Crippen molar-refractivity contribution in [3.8, 4) is 0 Å². The Kier molecular flexibility index (Phi) is 6.11. The quantitative estimate of drug-likeness (QED) is 0.521. The second kappa shape index (κ2) is 7.41. The van der Waals surface area contributed by atoms with Crippen LogP contribution in [0.4, 0.5) is 0 Å². The summed E-state index contributed by atoms with van der Waals surface area (Å²) in [6.07, 6.45) is 3.10. The molecule has 1 saturated heterocycles. The number of carbonyl (C=O) groups is 1. The van der Waals surface area contributed by atoms with Gasteiger partial charge in [-0.3, -0.25) is 4.79 Å². The molecule has 0 aromatic carbocycles. The molecule has 1 amide bonds. The van der Waals surface area contributed by atoms with E-state index < -0.39 is 0 Å². The van der Waals surface area contributed by atoms with Crippen LogP contribution in [0, 0.1) is 0 Å². The summed E-state index contributed by atoms with van der Waals surface area (Å²) in [6.45, 7) is 8.43. The first-order chi connectivity index (χ1) is 7.70. The molecule has 16 heavy (non-hydrogen) atoms. The van der Waals surface area contributed by atoms with E-state index >= 15 is 0 Å². The molecule has 1 rings (SSSR count). The van der Waals surface area contributed by atoms with Crippen LogP contribution in [0.25, 0.3) is 0 Å². The number of rotatable bonds is 6. The molecule has 1 unspecified atom stereocenters. The fraction of sp³-hybridized carbons (Fsp3) is 0.750. The lowest BCUT2D eigenvalue weighted by Crippen LogP contribution is -2.43. The smallest absolute Gasteiger partial charge is 0.237 e. The van der Waals surface area contributed by atoms with Gasteiger partial charge in [0.05, 0.1) is 19.3 Å². The Labute approximate surface area is 97.4 Å². The predicted molar refractivity (Wildman–Crippen MR) is 64.3 cm³/mol. The van der Waals surface area contributed by atoms with Crippen LogP contribution >= 0.6 is 0 Å². The van der Waals surface area contributed by atoms with E-state index in [4.69, 9.17) is 4.74 Å². The van der Waals surface area contributed by atoms with Gasteiger partial charge >= 0.3 is 0 Å². The van der Waals surface area contributed by atoms with E-state index in [-0.39, 0.29) is 11.9 Å². The van der Waals surface area contributed by atoms with Crippen LogP contribution in [0.1, 0.15) is 26.2 Å². The minimum absolute atomic E-state index is 0.0454. The van der Waals surface area contributed by atoms with E-state index in [1.165, 1.54) is 0 Å². The summed E-state index contributed by atoms with van der Waals surface area (Å²) in [7, 11) is 0. The Balaban J connectivity index is 2.10. The van der Waals surface area contributed by atoms with E-state index in [0.717, 1.165) is 31.4 Å². The first kappa shape index (κ1) is 13.2. The van der Waals surface area contributed by atoms with Gasteiger partial charge in [0.2, 0.25) is 5.91 Å². The zero-order chi connectivity index (χ0) is 11.8. The number of hydrogen-bond acceptors (Lipinski definition) is 3. The predicted octanol–water partition coefficient (Wildman–Crippen LogP) is 0.837. The van der Waals surface area contributed by atoms with Gasteiger partial charge < -0.3 is 15.4 Å². The highest BCUT2D eigenvalue weighted by Gasteiger charge is 2.19. The van der Waals surface area contributed by atoms with Crippen molar-refractivity contribution in [2.24, 2.45) is 0 Å². The summed E-state index contributed by atoms with van der Waals surface area (Å²) in [5.74, 6) is 0.123. The number of amides is 1. The van der Waals surface area contributed by atoms with Crippen LogP contribution in [-0.2, 0) is 9.53 Å². The first-order valence-electron chi connectivity index (χ1n) is 5.93. The van der Waals surface area contributed by atoms with Crippen molar-refractivity contribution in [1.29, 1.82) is 0 Å². The van der Waals surface area contributed by atoms with Gasteiger partial charge in [0.15, 0.2) is 0 Å². The van der Waals surface area contributed by atoms with Gasteiger partial charge in [-0.25, -0.2) is 0 Å². The summed E-state index contributed by atoms with van der Waals surface area (Å²) in [5.41, 5.74) is 1.02. The highest BCUT2D eigenvalue weighted by atomic mass is 16.5. The zero-order valence-corrected chi connectivity index (χ0v) is 10.1. The maximum absolute atomic E-state index is 11.6. The molecule has 1 aliphatic heterocycles. The van der Waals surface area contributed by atoms with E-state index in [1.807, 2.05) is 6.92 Å². The molecular formula is C12H22N2O2. The van der Waals surface area contributed by atoms with Crippen molar-refractivity contribution in [3.05, 3.63) is 12.2 Å². The highest BCUT2D eigenvalue weighted by molar-refractivity contribution is 5.81. The largest absolute Gasteiger partial charge is 0.376 e. The van der Waals surface area contributed by atoms with Crippen LogP contribution in [0.15, 0.2) is 12.2 Å². The molecule has 2 N–H and O–H groups in total. The van der Waals surface area contributed by atoms with Gasteiger partial charge in [0.25, 0.3) is 0 Å². The maximum Gasteiger partial charge on any atom is 0.237 e. The average molecular weight is 226 g/mol. The van der Waals surface area contributed by atoms with Crippen molar-refractivity contribution in [1.82, 2.24) is 10.6 Å². The Morgan fingerprint density at radius 1 is 1.62 bits per heavy atom. The van der Waals surface area contributed by atoms with E-state index in [1.54, 1.807) is 0 Å². The molecule has 1 heterocycles. The molecule has 4 nitrogen and oxygen atoms in total. The minimum Gasteiger partial charge on any atom is -0.376 e. The van der Waals surface area contributed by atoms with Gasteiger partial charge in [0.1, 0.15) is 0 Å². The van der Waals surface area contributed by atoms with Crippen molar-refractivity contribution in [3.63, 3.8) is 0 Å². The summed E-state index contributed by atoms with van der Waals surface area (Å²) >= 11 is 0. The molecular weight excluding hydrogens is 204 g/mol. The molecule has 1 fully saturated rings. The van der Waals surface area contributed by atoms with Crippen LogP contribution < -0.4 is 10.6 Å². The fourth-order valence-electron chi connectivity index (χ4n) is 1.69. The van der Waals surface area contributed by atoms with Gasteiger partial charge in [-0.2, -0.15) is 0 Å². The molecule has 0 spiro atoms. The Bertz CT molecular complexity index is 241. The standard InChI is InChI=1S/C12H22N2O2/c1-10(2)9-16-8-7-13-11-5-3-4-6-14-12(11)15/h11,13H,1,3-9H2,2H3,(H,14,15). The van der Waals surface area contributed by atoms with E-state index in [0.29, 0.717) is 19.8 Å². The number of carbonyl (C=O) groups excluding carboxylic acids is 1. The summed E-state index contributed by atoms with van der Waals surface area (Å²) in [5, 5.41) is 6.12. The van der Waals surface area contributed by atoms with Crippen LogP contribution in [-0.4, -0.2) is 38.3 Å². The van der Waals surface area contributed by atoms with Gasteiger partial charge in [-0.05, 0) is 26.2 Å². The third-order valence-corrected chi connectivity index (χ3v) is 2.52. The molecule has 1 atom stereocenters. The Morgan fingerprint density at radius 3 is 3.19 bits per heavy atom. The molecule has 0 aliphatic carbocycles. The molecule has 0 saturated carbocycles. The first-order valence-corrected chi connectivity index (χ1v) is 5.93. The summed E-state index contributed by atoms with van der Waals surface area (Å²) in [4.78, 5) is 11.6. The highest BCUT2D eigenvalue weighted by Crippen LogP contribution is 2.04. The molecule has 1 aliphatic rings. The number of nitrogens with one attached hydrogen (secondary N) is 2. The summed E-state index contributed by atoms with van der Waals surface area (Å²) < 4.78 is 5.36. The normalized spacial score (nSPS) is 21.3. The maximum atomic E-state index is 11.6. The molecule has 0 aromatic rings. The van der Waals surface area contributed by atoms with Crippen molar-refractivity contribution >= 4 is 5.91 Å². The zero-order valence-electron chi connectivity index (χ0n) is 10.1. The van der Waals surface area contributed by atoms with Gasteiger partial charge in [-0.15, -0.1) is 0 Å². The van der Waals surface area contributed by atoms with E-state index in [2.05, 4.69) is 17.2 Å². The van der Waals surface area contributed by atoms with Crippen LogP contribution in [0.3, 0.4) is 0 Å². The van der Waals surface area contributed by atoms with Crippen LogP contribution in [0.2, 0.25) is 0 Å². The summed E-state index contributed by atoms with van der Waals surface area (Å²) in [6, 6.07) is -0.0454. The second-order valence-corrected chi connectivity index (χ2v) is 4.30. The lowest BCUT2D eigenvalue weighted by Gasteiger charge is -2.15. The lowest BCUT2D eigenvalue weighted by atomic mass is 10.1. The lowest BCUT2D eigenvalue weighted by molar-refractivity contribution is -0.122. The van der Waals surface area contributed by atoms with Crippen molar-refractivity contribution in [2.45, 2.75) is 32.2 Å². The van der Waals surface area contributed by atoms with Crippen LogP contribution in [0.5, 0.6) is 0 Å². The second-order valence-electron chi connectivity index (χ2n) is 4.30. The molecule has 4 heteroatoms. The number of hydrogen-bond donors (Lipinski definition) is 2. The average Bonchev–Trinajstić information content (AvgIpc) is 2.43. The minimum atomic E-state index is -0.0454. The SMILES string of the molecule is C=C(C)COCCNC1CCCCNC1=O. The Morgan fingerprint density at radius 2 is 2.44 bits per heavy atom. The van der Waals surface area contributed by atoms with Crippen molar-refractivity contribution < 1.29 is 9.53 Å². The Hall–Kier alpha value is -0.870. The van der Waals surface area contributed by atoms with Crippen molar-refractivity contribution in [2.75, 3.05) is 26.3 Å². The fourth-order valence-corrected chi connectivity index (χ4v) is 1.69. The van der Waals surface area contributed by atoms with Gasteiger partial charge in [-0.1, -0.05) is 12.2 Å². The molecule has 0 radical (unpaired) electrons. The van der Waals surface area contributed by atoms with Gasteiger partial charge in [0, 0.05) is 13.1 Å². The third-order valence-electron chi connectivity index (χ3n) is 2.52. The third kappa shape index (κ3) is 5.28. The molecule has 0 bridgehead atoms. The molecule has 0 aromatic heterocycles. The topological polar surface area (TPSA) is 50.4 Å². The number of ether oxygens (including phenoxy) is 1.